The number of unbranched alkanes of at least 4 members (excludes halogenated alkanes) is 2. The van der Waals surface area contributed by atoms with Crippen LogP contribution in [0.2, 0.25) is 0 Å². The van der Waals surface area contributed by atoms with Gasteiger partial charge in [-0.2, -0.15) is 0 Å². The summed E-state index contributed by atoms with van der Waals surface area (Å²) in [6.07, 6.45) is 3.37. The predicted molar refractivity (Wildman–Crippen MR) is 255 cm³/mol. The van der Waals surface area contributed by atoms with Gasteiger partial charge in [0.2, 0.25) is 0 Å². The molecule has 4 atom stereocenters. The van der Waals surface area contributed by atoms with Gasteiger partial charge in [0.05, 0.1) is 34.5 Å². The molecule has 72 heavy (non-hydrogen) atoms. The Bertz CT molecular complexity index is 1930. The highest BCUT2D eigenvalue weighted by Crippen LogP contribution is 2.28. The van der Waals surface area contributed by atoms with Crippen molar-refractivity contribution in [1.29, 1.82) is 0 Å². The van der Waals surface area contributed by atoms with Crippen molar-refractivity contribution in [3.05, 3.63) is 71.8 Å². The number of cyclic esters (lactones) is 2. The van der Waals surface area contributed by atoms with Crippen LogP contribution in [-0.2, 0) is 76.1 Å². The maximum absolute atomic E-state index is 12.2. The lowest BCUT2D eigenvalue weighted by Crippen LogP contribution is -2.43. The van der Waals surface area contributed by atoms with Crippen LogP contribution in [0, 0.1) is 16.2 Å². The van der Waals surface area contributed by atoms with Gasteiger partial charge in [-0.1, -0.05) is 67.1 Å². The van der Waals surface area contributed by atoms with Crippen LogP contribution < -0.4 is 0 Å². The molecule has 21 nitrogen and oxygen atoms in total. The van der Waals surface area contributed by atoms with Gasteiger partial charge in [-0.05, 0) is 88.7 Å². The Kier molecular flexibility index (Phi) is 30.7. The monoisotopic (exact) mass is 1020 g/mol. The van der Waals surface area contributed by atoms with Crippen LogP contribution in [0.5, 0.6) is 0 Å². The second-order valence-corrected chi connectivity index (χ2v) is 17.6. The number of hydrogen-bond donors (Lipinski definition) is 2. The second-order valence-electron chi connectivity index (χ2n) is 17.6. The maximum atomic E-state index is 12.2. The Hall–Kier alpha value is -6.48. The molecule has 404 valence electrons. The molecule has 0 bridgehead atoms. The summed E-state index contributed by atoms with van der Waals surface area (Å²) in [5, 5.41) is 17.7. The largest absolute Gasteiger partial charge is 0.508 e. The van der Waals surface area contributed by atoms with E-state index in [-0.39, 0.29) is 58.8 Å². The zero-order chi connectivity index (χ0) is 54.0. The minimum Gasteiger partial charge on any atom is -0.468 e. The molecule has 1 aliphatic heterocycles. The van der Waals surface area contributed by atoms with Crippen LogP contribution in [0.25, 0.3) is 0 Å². The third-order valence-corrected chi connectivity index (χ3v) is 11.1. The molecule has 0 saturated carbocycles. The van der Waals surface area contributed by atoms with Gasteiger partial charge in [-0.25, -0.2) is 14.4 Å². The van der Waals surface area contributed by atoms with Gasteiger partial charge < -0.3 is 62.3 Å². The van der Waals surface area contributed by atoms with E-state index in [9.17, 15) is 38.4 Å². The third-order valence-electron chi connectivity index (χ3n) is 11.1. The first-order valence-electron chi connectivity index (χ1n) is 23.4. The molecule has 0 spiro atoms. The van der Waals surface area contributed by atoms with Crippen molar-refractivity contribution in [3.8, 4) is 0 Å². The molecule has 0 aromatic heterocycles. The van der Waals surface area contributed by atoms with E-state index in [0.717, 1.165) is 31.2 Å². The molecule has 0 amide bonds. The van der Waals surface area contributed by atoms with Crippen LogP contribution in [0.4, 0.5) is 14.4 Å². The minimum absolute atomic E-state index is 0.0114. The second kappa shape index (κ2) is 34.8. The standard InChI is InChI=1S/C31H44O14.C13H20O2.C7H10O5/c1-22(32)42-18-30(3,26(34)38-5)20-44-28(36)40-16-11-10-14-25(24-12-8-7-9-13-24)15-17-41-29(37)45-21-31(4,27(35)39-6)19-43-23(2)33;14-10-5-4-8-13(9-11-15)12-6-2-1-3-7-12;1-7(5(8)10-2)3-11-6(9)12-4-7/h7-9,12-13,25H,10-11,14-21H2,1-6H3;1-3,6-7,13-15H,4-5,8-11H2;3-4H2,1-2H3. The first-order chi connectivity index (χ1) is 34.2. The molecule has 2 N–H and O–H groups in total. The maximum Gasteiger partial charge on any atom is 0.508 e. The normalized spacial score (nSPS) is 14.8. The van der Waals surface area contributed by atoms with E-state index < -0.39 is 77.8 Å². The van der Waals surface area contributed by atoms with E-state index >= 15 is 0 Å². The molecule has 0 radical (unpaired) electrons. The average Bonchev–Trinajstić information content (AvgIpc) is 3.38. The van der Waals surface area contributed by atoms with E-state index in [1.807, 2.05) is 48.5 Å². The Morgan fingerprint density at radius 2 is 0.972 bits per heavy atom. The SMILES string of the molecule is COC(=O)C(C)(COC(C)=O)COC(=O)OCCCCC(CCOC(=O)OCC(C)(COC(C)=O)C(=O)OC)c1ccccc1.COC(=O)C1(C)COC(=O)OC1.OCCCCC(CCO)c1ccccc1. The first kappa shape index (κ1) is 63.5. The van der Waals surface area contributed by atoms with Crippen molar-refractivity contribution < 1.29 is 101 Å². The Morgan fingerprint density at radius 3 is 1.38 bits per heavy atom. The number of carbonyl (C=O) groups excluding carboxylic acids is 8. The average molecular weight is 1020 g/mol. The van der Waals surface area contributed by atoms with Crippen LogP contribution in [0.3, 0.4) is 0 Å². The molecular weight excluding hydrogens is 949 g/mol. The summed E-state index contributed by atoms with van der Waals surface area (Å²) in [6.45, 7) is 6.03. The quantitative estimate of drug-likeness (QED) is 0.0530. The predicted octanol–water partition coefficient (Wildman–Crippen LogP) is 6.77. The van der Waals surface area contributed by atoms with Crippen LogP contribution in [0.15, 0.2) is 60.7 Å². The molecule has 21 heteroatoms. The van der Waals surface area contributed by atoms with E-state index in [1.165, 1.54) is 54.6 Å². The molecular formula is C51H74O21. The molecule has 4 unspecified atom stereocenters. The van der Waals surface area contributed by atoms with E-state index in [2.05, 4.69) is 26.3 Å². The number of aliphatic hydroxyl groups is 2. The van der Waals surface area contributed by atoms with Gasteiger partial charge in [0, 0.05) is 27.1 Å². The van der Waals surface area contributed by atoms with E-state index in [0.29, 0.717) is 31.6 Å². The minimum atomic E-state index is -1.40. The number of aliphatic hydroxyl groups excluding tert-OH is 2. The Labute approximate surface area is 421 Å². The molecule has 1 fully saturated rings. The summed E-state index contributed by atoms with van der Waals surface area (Å²) < 4.78 is 53.4. The topological polar surface area (TPSA) is 279 Å². The lowest BCUT2D eigenvalue weighted by Gasteiger charge is -2.28. The Balaban J connectivity index is 0.000000767. The number of esters is 5. The molecule has 1 aliphatic rings. The van der Waals surface area contributed by atoms with Gasteiger partial charge in [-0.3, -0.25) is 24.0 Å². The van der Waals surface area contributed by atoms with Crippen molar-refractivity contribution in [1.82, 2.24) is 0 Å². The summed E-state index contributed by atoms with van der Waals surface area (Å²) in [6, 6.07) is 19.9. The van der Waals surface area contributed by atoms with Crippen molar-refractivity contribution in [2.75, 3.05) is 87.4 Å². The highest BCUT2D eigenvalue weighted by atomic mass is 16.7. The smallest absolute Gasteiger partial charge is 0.468 e. The number of benzene rings is 2. The van der Waals surface area contributed by atoms with E-state index in [1.54, 1.807) is 6.92 Å². The third kappa shape index (κ3) is 25.1. The van der Waals surface area contributed by atoms with Crippen molar-refractivity contribution in [2.24, 2.45) is 16.2 Å². The number of rotatable bonds is 27. The molecule has 1 saturated heterocycles. The van der Waals surface area contributed by atoms with Crippen molar-refractivity contribution in [2.45, 2.75) is 97.8 Å². The summed E-state index contributed by atoms with van der Waals surface area (Å²) >= 11 is 0. The fourth-order valence-corrected chi connectivity index (χ4v) is 6.73. The fraction of sp³-hybridized carbons (Fsp3) is 0.608. The summed E-state index contributed by atoms with van der Waals surface area (Å²) in [5.41, 5.74) is -1.32. The van der Waals surface area contributed by atoms with Gasteiger partial charge in [0.25, 0.3) is 0 Å². The summed E-state index contributed by atoms with van der Waals surface area (Å²) in [5.74, 6) is -2.60. The van der Waals surface area contributed by atoms with Gasteiger partial charge in [0.1, 0.15) is 55.9 Å². The van der Waals surface area contributed by atoms with Crippen LogP contribution in [-0.4, -0.2) is 146 Å². The molecule has 2 aromatic rings. The molecule has 2 aromatic carbocycles. The van der Waals surface area contributed by atoms with Gasteiger partial charge >= 0.3 is 48.3 Å². The zero-order valence-electron chi connectivity index (χ0n) is 42.8. The van der Waals surface area contributed by atoms with Gasteiger partial charge in [-0.15, -0.1) is 0 Å². The summed E-state index contributed by atoms with van der Waals surface area (Å²) in [7, 11) is 3.63. The summed E-state index contributed by atoms with van der Waals surface area (Å²) in [4.78, 5) is 92.4. The number of carbonyl (C=O) groups is 8. The van der Waals surface area contributed by atoms with Crippen molar-refractivity contribution in [3.63, 3.8) is 0 Å². The lowest BCUT2D eigenvalue weighted by molar-refractivity contribution is -0.164. The number of ether oxygens (including phenoxy) is 11. The van der Waals surface area contributed by atoms with Crippen LogP contribution >= 0.6 is 0 Å². The first-order valence-corrected chi connectivity index (χ1v) is 23.4. The fourth-order valence-electron chi connectivity index (χ4n) is 6.73. The molecule has 1 heterocycles. The number of hydrogen-bond acceptors (Lipinski definition) is 21. The number of methoxy groups -OCH3 is 3. The van der Waals surface area contributed by atoms with Crippen LogP contribution in [0.1, 0.15) is 109 Å². The zero-order valence-corrected chi connectivity index (χ0v) is 42.8. The highest BCUT2D eigenvalue weighted by Gasteiger charge is 2.42. The Morgan fingerprint density at radius 1 is 0.556 bits per heavy atom. The lowest BCUT2D eigenvalue weighted by atomic mass is 9.91. The molecule has 0 aliphatic carbocycles. The van der Waals surface area contributed by atoms with Crippen molar-refractivity contribution >= 4 is 48.3 Å². The van der Waals surface area contributed by atoms with Gasteiger partial charge in [0.15, 0.2) is 0 Å². The molecule has 3 rings (SSSR count). The van der Waals surface area contributed by atoms with E-state index in [4.69, 9.17) is 48.1 Å². The highest BCUT2D eigenvalue weighted by molar-refractivity contribution is 5.79.